The molecule has 0 aliphatic heterocycles. The highest BCUT2D eigenvalue weighted by molar-refractivity contribution is 7.16. The maximum atomic E-state index is 11.2. The van der Waals surface area contributed by atoms with E-state index in [9.17, 15) is 4.79 Å². The minimum Gasteiger partial charge on any atom is -0.465 e. The molecule has 0 bridgehead atoms. The molecule has 0 saturated carbocycles. The van der Waals surface area contributed by atoms with Crippen LogP contribution >= 0.6 is 22.9 Å². The van der Waals surface area contributed by atoms with Crippen molar-refractivity contribution >= 4 is 39.1 Å². The van der Waals surface area contributed by atoms with E-state index < -0.39 is 0 Å². The van der Waals surface area contributed by atoms with Crippen LogP contribution in [0, 0.1) is 0 Å². The summed E-state index contributed by atoms with van der Waals surface area (Å²) in [7, 11) is 1.34. The Morgan fingerprint density at radius 3 is 3.07 bits per heavy atom. The highest BCUT2D eigenvalue weighted by Crippen LogP contribution is 2.27. The first kappa shape index (κ1) is 9.43. The van der Waals surface area contributed by atoms with Crippen LogP contribution in [0.25, 0.3) is 10.2 Å². The van der Waals surface area contributed by atoms with Crippen molar-refractivity contribution in [3.05, 3.63) is 28.2 Å². The van der Waals surface area contributed by atoms with Gasteiger partial charge in [0.05, 0.1) is 33.4 Å². The molecule has 0 aliphatic carbocycles. The normalized spacial score (nSPS) is 10.4. The van der Waals surface area contributed by atoms with Gasteiger partial charge in [-0.2, -0.15) is 0 Å². The summed E-state index contributed by atoms with van der Waals surface area (Å²) in [5, 5.41) is 0.476. The molecule has 1 heterocycles. The van der Waals surface area contributed by atoms with Crippen LogP contribution in [0.15, 0.2) is 17.6 Å². The second-order valence-electron chi connectivity index (χ2n) is 2.65. The van der Waals surface area contributed by atoms with E-state index >= 15 is 0 Å². The van der Waals surface area contributed by atoms with Crippen LogP contribution in [0.2, 0.25) is 5.02 Å². The van der Waals surface area contributed by atoms with Gasteiger partial charge in [-0.3, -0.25) is 0 Å². The third-order valence-corrected chi connectivity index (χ3v) is 2.88. The Bertz CT molecular complexity index is 495. The predicted molar refractivity (Wildman–Crippen MR) is 56.0 cm³/mol. The van der Waals surface area contributed by atoms with Gasteiger partial charge in [0, 0.05) is 0 Å². The first-order chi connectivity index (χ1) is 6.72. The molecule has 0 unspecified atom stereocenters. The number of benzene rings is 1. The number of esters is 1. The molecule has 0 aliphatic rings. The van der Waals surface area contributed by atoms with Gasteiger partial charge in [-0.15, -0.1) is 11.3 Å². The zero-order valence-corrected chi connectivity index (χ0v) is 8.85. The zero-order valence-electron chi connectivity index (χ0n) is 7.28. The summed E-state index contributed by atoms with van der Waals surface area (Å²) in [6.45, 7) is 0. The van der Waals surface area contributed by atoms with Crippen LogP contribution in [-0.2, 0) is 4.74 Å². The fourth-order valence-electron chi connectivity index (χ4n) is 1.16. The average molecular weight is 228 g/mol. The van der Waals surface area contributed by atoms with Gasteiger partial charge >= 0.3 is 5.97 Å². The molecular formula is C9H6ClNO2S. The molecule has 5 heteroatoms. The van der Waals surface area contributed by atoms with E-state index in [1.807, 2.05) is 0 Å². The maximum absolute atomic E-state index is 11.2. The van der Waals surface area contributed by atoms with Gasteiger partial charge in [-0.1, -0.05) is 11.6 Å². The lowest BCUT2D eigenvalue weighted by atomic mass is 10.2. The summed E-state index contributed by atoms with van der Waals surface area (Å²) in [4.78, 5) is 15.3. The number of carbonyl (C=O) groups excluding carboxylic acids is 1. The number of halogens is 1. The van der Waals surface area contributed by atoms with Crippen LogP contribution < -0.4 is 0 Å². The molecule has 1 aromatic carbocycles. The quantitative estimate of drug-likeness (QED) is 0.704. The summed E-state index contributed by atoms with van der Waals surface area (Å²) >= 11 is 7.38. The zero-order chi connectivity index (χ0) is 10.1. The van der Waals surface area contributed by atoms with Crippen LogP contribution in [-0.4, -0.2) is 18.1 Å². The fourth-order valence-corrected chi connectivity index (χ4v) is 2.23. The van der Waals surface area contributed by atoms with Gasteiger partial charge in [0.25, 0.3) is 0 Å². The Kier molecular flexibility index (Phi) is 2.39. The standard InChI is InChI=1S/C9H6ClNO2S/c1-13-9(12)5-2-6(10)8-7(3-5)14-4-11-8/h2-4H,1H3. The second-order valence-corrected chi connectivity index (χ2v) is 3.94. The lowest BCUT2D eigenvalue weighted by molar-refractivity contribution is 0.0601. The largest absolute Gasteiger partial charge is 0.465 e. The van der Waals surface area contributed by atoms with Crippen molar-refractivity contribution in [3.8, 4) is 0 Å². The smallest absolute Gasteiger partial charge is 0.337 e. The van der Waals surface area contributed by atoms with Crippen molar-refractivity contribution in [2.75, 3.05) is 7.11 Å². The van der Waals surface area contributed by atoms with Gasteiger partial charge < -0.3 is 4.74 Å². The van der Waals surface area contributed by atoms with Gasteiger partial charge in [0.1, 0.15) is 0 Å². The SMILES string of the molecule is COC(=O)c1cc(Cl)c2ncsc2c1. The lowest BCUT2D eigenvalue weighted by Gasteiger charge is -1.99. The number of aromatic nitrogens is 1. The van der Waals surface area contributed by atoms with Crippen molar-refractivity contribution in [1.82, 2.24) is 4.98 Å². The average Bonchev–Trinajstić information content (AvgIpc) is 2.64. The van der Waals surface area contributed by atoms with Crippen molar-refractivity contribution in [2.45, 2.75) is 0 Å². The van der Waals surface area contributed by atoms with Crippen molar-refractivity contribution in [1.29, 1.82) is 0 Å². The van der Waals surface area contributed by atoms with Gasteiger partial charge in [0.2, 0.25) is 0 Å². The molecular weight excluding hydrogens is 222 g/mol. The van der Waals surface area contributed by atoms with Gasteiger partial charge in [-0.05, 0) is 12.1 Å². The lowest BCUT2D eigenvalue weighted by Crippen LogP contribution is -2.00. The minimum atomic E-state index is -0.387. The van der Waals surface area contributed by atoms with E-state index in [4.69, 9.17) is 11.6 Å². The number of ether oxygens (including phenoxy) is 1. The molecule has 0 atom stereocenters. The van der Waals surface area contributed by atoms with E-state index in [2.05, 4.69) is 9.72 Å². The van der Waals surface area contributed by atoms with E-state index in [1.54, 1.807) is 17.6 Å². The van der Waals surface area contributed by atoms with E-state index in [0.29, 0.717) is 10.6 Å². The summed E-state index contributed by atoms with van der Waals surface area (Å²) in [5.74, 6) is -0.387. The Morgan fingerprint density at radius 2 is 2.36 bits per heavy atom. The van der Waals surface area contributed by atoms with Crippen LogP contribution in [0.4, 0.5) is 0 Å². The molecule has 2 aromatic rings. The summed E-state index contributed by atoms with van der Waals surface area (Å²) in [6.07, 6.45) is 0. The van der Waals surface area contributed by atoms with Gasteiger partial charge in [0.15, 0.2) is 0 Å². The Balaban J connectivity index is 2.64. The van der Waals surface area contributed by atoms with Crippen LogP contribution in [0.5, 0.6) is 0 Å². The molecule has 0 spiro atoms. The molecule has 14 heavy (non-hydrogen) atoms. The molecule has 3 nitrogen and oxygen atoms in total. The fraction of sp³-hybridized carbons (Fsp3) is 0.111. The van der Waals surface area contributed by atoms with Gasteiger partial charge in [-0.25, -0.2) is 9.78 Å². The number of carbonyl (C=O) groups is 1. The number of hydrogen-bond donors (Lipinski definition) is 0. The molecule has 0 radical (unpaired) electrons. The highest BCUT2D eigenvalue weighted by atomic mass is 35.5. The van der Waals surface area contributed by atoms with E-state index in [0.717, 1.165) is 10.2 Å². The Hall–Kier alpha value is -1.13. The minimum absolute atomic E-state index is 0.387. The third kappa shape index (κ3) is 1.47. The number of fused-ring (bicyclic) bond motifs is 1. The predicted octanol–water partition coefficient (Wildman–Crippen LogP) is 2.74. The van der Waals surface area contributed by atoms with Crippen molar-refractivity contribution in [3.63, 3.8) is 0 Å². The number of hydrogen-bond acceptors (Lipinski definition) is 4. The molecule has 0 amide bonds. The van der Waals surface area contributed by atoms with Crippen LogP contribution in [0.1, 0.15) is 10.4 Å². The maximum Gasteiger partial charge on any atom is 0.337 e. The Morgan fingerprint density at radius 1 is 1.57 bits per heavy atom. The summed E-state index contributed by atoms with van der Waals surface area (Å²) < 4.78 is 5.49. The first-order valence-corrected chi connectivity index (χ1v) is 5.09. The van der Waals surface area contributed by atoms with Crippen molar-refractivity contribution < 1.29 is 9.53 Å². The summed E-state index contributed by atoms with van der Waals surface area (Å²) in [5.41, 5.74) is 2.87. The third-order valence-electron chi connectivity index (χ3n) is 1.81. The number of methoxy groups -OCH3 is 1. The molecule has 0 N–H and O–H groups in total. The molecule has 0 saturated heterocycles. The number of thiazole rings is 1. The number of nitrogens with zero attached hydrogens (tertiary/aromatic N) is 1. The van der Waals surface area contributed by atoms with E-state index in [1.165, 1.54) is 18.4 Å². The first-order valence-electron chi connectivity index (χ1n) is 3.83. The molecule has 0 fully saturated rings. The second kappa shape index (κ2) is 3.55. The number of rotatable bonds is 1. The Labute approximate surface area is 89.3 Å². The molecule has 2 rings (SSSR count). The topological polar surface area (TPSA) is 39.2 Å². The monoisotopic (exact) mass is 227 g/mol. The molecule has 72 valence electrons. The summed E-state index contributed by atoms with van der Waals surface area (Å²) in [6, 6.07) is 3.29. The van der Waals surface area contributed by atoms with Crippen molar-refractivity contribution in [2.24, 2.45) is 0 Å². The van der Waals surface area contributed by atoms with E-state index in [-0.39, 0.29) is 5.97 Å². The van der Waals surface area contributed by atoms with Crippen LogP contribution in [0.3, 0.4) is 0 Å². The molecule has 1 aromatic heterocycles. The highest BCUT2D eigenvalue weighted by Gasteiger charge is 2.10.